The van der Waals surface area contributed by atoms with Gasteiger partial charge in [-0.1, -0.05) is 24.3 Å². The van der Waals surface area contributed by atoms with E-state index in [1.807, 2.05) is 45.0 Å². The average molecular weight is 526 g/mol. The van der Waals surface area contributed by atoms with Crippen LogP contribution in [0.2, 0.25) is 0 Å². The van der Waals surface area contributed by atoms with Gasteiger partial charge in [0.25, 0.3) is 5.91 Å². The number of amides is 1. The van der Waals surface area contributed by atoms with E-state index in [0.717, 1.165) is 22.4 Å². The van der Waals surface area contributed by atoms with Gasteiger partial charge in [-0.15, -0.1) is 24.0 Å². The van der Waals surface area contributed by atoms with Crippen molar-refractivity contribution in [3.8, 4) is 11.5 Å². The molecule has 30 heavy (non-hydrogen) atoms. The minimum Gasteiger partial charge on any atom is -0.491 e. The second-order valence-corrected chi connectivity index (χ2v) is 6.96. The van der Waals surface area contributed by atoms with Gasteiger partial charge < -0.3 is 25.8 Å². The first-order valence-corrected chi connectivity index (χ1v) is 9.58. The van der Waals surface area contributed by atoms with Crippen molar-refractivity contribution in [2.75, 3.05) is 13.7 Å². The van der Waals surface area contributed by atoms with E-state index in [-0.39, 0.29) is 36.7 Å². The maximum atomic E-state index is 10.9. The smallest absolute Gasteiger partial charge is 0.255 e. The molecule has 0 aliphatic heterocycles. The molecule has 0 heterocycles. The van der Waals surface area contributed by atoms with Crippen molar-refractivity contribution in [3.63, 3.8) is 0 Å². The Morgan fingerprint density at radius 3 is 2.53 bits per heavy atom. The predicted molar refractivity (Wildman–Crippen MR) is 131 cm³/mol. The molecule has 0 aliphatic carbocycles. The van der Waals surface area contributed by atoms with Crippen molar-refractivity contribution >= 4 is 35.8 Å². The second kappa shape index (κ2) is 12.9. The lowest BCUT2D eigenvalue weighted by Crippen LogP contribution is -2.36. The Balaban J connectivity index is 0.00000450. The Morgan fingerprint density at radius 2 is 1.87 bits per heavy atom. The number of aliphatic imine (C=N–C) groups is 1. The van der Waals surface area contributed by atoms with Gasteiger partial charge in [-0.25, -0.2) is 0 Å². The van der Waals surface area contributed by atoms with E-state index >= 15 is 0 Å². The zero-order valence-electron chi connectivity index (χ0n) is 17.9. The van der Waals surface area contributed by atoms with Crippen molar-refractivity contribution in [1.82, 2.24) is 10.6 Å². The summed E-state index contributed by atoms with van der Waals surface area (Å²) in [6.45, 7) is 7.08. The van der Waals surface area contributed by atoms with Gasteiger partial charge in [0.1, 0.15) is 11.5 Å². The number of ether oxygens (including phenoxy) is 2. The summed E-state index contributed by atoms with van der Waals surface area (Å²) in [5.74, 6) is 1.64. The number of nitrogens with two attached hydrogens (primary N) is 1. The fraction of sp³-hybridized carbons (Fsp3) is 0.364. The highest BCUT2D eigenvalue weighted by Crippen LogP contribution is 2.21. The van der Waals surface area contributed by atoms with Crippen LogP contribution in [0, 0.1) is 6.92 Å². The average Bonchev–Trinajstić information content (AvgIpc) is 2.67. The first-order chi connectivity index (χ1) is 13.9. The van der Waals surface area contributed by atoms with E-state index in [2.05, 4.69) is 27.8 Å². The van der Waals surface area contributed by atoms with Crippen LogP contribution in [-0.4, -0.2) is 31.6 Å². The fourth-order valence-corrected chi connectivity index (χ4v) is 2.66. The molecule has 0 atom stereocenters. The molecule has 8 heteroatoms. The zero-order valence-corrected chi connectivity index (χ0v) is 20.2. The monoisotopic (exact) mass is 526 g/mol. The zero-order chi connectivity index (χ0) is 21.2. The van der Waals surface area contributed by atoms with E-state index in [4.69, 9.17) is 15.2 Å². The Kier molecular flexibility index (Phi) is 11.0. The number of carbonyl (C=O) groups is 1. The van der Waals surface area contributed by atoms with Crippen molar-refractivity contribution < 1.29 is 14.3 Å². The third-order valence-corrected chi connectivity index (χ3v) is 3.99. The van der Waals surface area contributed by atoms with Gasteiger partial charge in [-0.05, 0) is 50.1 Å². The summed E-state index contributed by atoms with van der Waals surface area (Å²) >= 11 is 0. The molecule has 0 spiro atoms. The van der Waals surface area contributed by atoms with E-state index in [9.17, 15) is 4.79 Å². The molecule has 1 amide bonds. The van der Waals surface area contributed by atoms with Crippen LogP contribution < -0.4 is 25.8 Å². The lowest BCUT2D eigenvalue weighted by atomic mass is 10.1. The second-order valence-electron chi connectivity index (χ2n) is 6.96. The summed E-state index contributed by atoms with van der Waals surface area (Å²) in [4.78, 5) is 15.1. The van der Waals surface area contributed by atoms with Crippen LogP contribution in [-0.2, 0) is 17.9 Å². The van der Waals surface area contributed by atoms with Crippen LogP contribution in [0.5, 0.6) is 11.5 Å². The third kappa shape index (κ3) is 8.89. The number of benzene rings is 2. The Labute approximate surface area is 195 Å². The Hall–Kier alpha value is -2.49. The lowest BCUT2D eigenvalue weighted by Gasteiger charge is -2.17. The fourth-order valence-electron chi connectivity index (χ4n) is 2.66. The number of rotatable bonds is 9. The molecule has 0 radical (unpaired) electrons. The normalized spacial score (nSPS) is 10.9. The SMILES string of the molecule is CN=C(NCc1cccc(OCC(N)=O)c1)NCc1ccc(C)cc1OC(C)C.I. The summed E-state index contributed by atoms with van der Waals surface area (Å²) in [6.07, 6.45) is 0.108. The van der Waals surface area contributed by atoms with Crippen LogP contribution >= 0.6 is 24.0 Å². The van der Waals surface area contributed by atoms with Crippen molar-refractivity contribution in [1.29, 1.82) is 0 Å². The highest BCUT2D eigenvalue weighted by Gasteiger charge is 2.08. The molecule has 7 nitrogen and oxygen atoms in total. The minimum atomic E-state index is -0.505. The summed E-state index contributed by atoms with van der Waals surface area (Å²) in [7, 11) is 1.72. The van der Waals surface area contributed by atoms with Crippen LogP contribution in [0.15, 0.2) is 47.5 Å². The van der Waals surface area contributed by atoms with Gasteiger partial charge in [0.15, 0.2) is 12.6 Å². The lowest BCUT2D eigenvalue weighted by molar-refractivity contribution is -0.119. The number of hydrogen-bond acceptors (Lipinski definition) is 4. The summed E-state index contributed by atoms with van der Waals surface area (Å²) in [6, 6.07) is 13.7. The van der Waals surface area contributed by atoms with Gasteiger partial charge >= 0.3 is 0 Å². The van der Waals surface area contributed by atoms with Crippen LogP contribution in [0.1, 0.15) is 30.5 Å². The molecule has 164 valence electrons. The first-order valence-electron chi connectivity index (χ1n) is 9.58. The molecule has 0 bridgehead atoms. The quantitative estimate of drug-likeness (QED) is 0.265. The first kappa shape index (κ1) is 25.5. The van der Waals surface area contributed by atoms with E-state index in [0.29, 0.717) is 24.8 Å². The number of aryl methyl sites for hydroxylation is 1. The number of halogens is 1. The molecule has 2 aromatic rings. The molecule has 0 saturated heterocycles. The molecule has 0 fully saturated rings. The molecule has 0 aromatic heterocycles. The molecule has 0 aliphatic rings. The van der Waals surface area contributed by atoms with Crippen molar-refractivity contribution in [2.45, 2.75) is 40.0 Å². The van der Waals surface area contributed by atoms with E-state index in [1.54, 1.807) is 13.1 Å². The van der Waals surface area contributed by atoms with Crippen LogP contribution in [0.3, 0.4) is 0 Å². The van der Waals surface area contributed by atoms with Gasteiger partial charge in [0.05, 0.1) is 6.10 Å². The van der Waals surface area contributed by atoms with Crippen LogP contribution in [0.4, 0.5) is 0 Å². The summed E-state index contributed by atoms with van der Waals surface area (Å²) in [5, 5.41) is 6.58. The number of primary amides is 1. The van der Waals surface area contributed by atoms with Crippen molar-refractivity contribution in [3.05, 3.63) is 59.2 Å². The highest BCUT2D eigenvalue weighted by molar-refractivity contribution is 14.0. The Bertz CT molecular complexity index is 856. The number of hydrogen-bond donors (Lipinski definition) is 3. The molecule has 0 saturated carbocycles. The van der Waals surface area contributed by atoms with E-state index < -0.39 is 5.91 Å². The number of nitrogens with one attached hydrogen (secondary N) is 2. The van der Waals surface area contributed by atoms with Gasteiger partial charge in [0, 0.05) is 25.7 Å². The molecular weight excluding hydrogens is 495 g/mol. The van der Waals surface area contributed by atoms with Crippen LogP contribution in [0.25, 0.3) is 0 Å². The molecule has 4 N–H and O–H groups in total. The maximum Gasteiger partial charge on any atom is 0.255 e. The molecule has 2 rings (SSSR count). The van der Waals surface area contributed by atoms with Crippen molar-refractivity contribution in [2.24, 2.45) is 10.7 Å². The number of carbonyl (C=O) groups excluding carboxylic acids is 1. The topological polar surface area (TPSA) is 98.0 Å². The van der Waals surface area contributed by atoms with E-state index in [1.165, 1.54) is 0 Å². The van der Waals surface area contributed by atoms with Gasteiger partial charge in [-0.3, -0.25) is 9.79 Å². The largest absolute Gasteiger partial charge is 0.491 e. The number of guanidine groups is 1. The molecule has 0 unspecified atom stereocenters. The molecule has 2 aromatic carbocycles. The number of nitrogens with zero attached hydrogens (tertiary/aromatic N) is 1. The third-order valence-electron chi connectivity index (χ3n) is 3.99. The maximum absolute atomic E-state index is 10.9. The molecular formula is C22H31IN4O3. The van der Waals surface area contributed by atoms with Gasteiger partial charge in [-0.2, -0.15) is 0 Å². The standard InChI is InChI=1S/C22H30N4O3.HI/c1-15(2)29-20-10-16(3)8-9-18(20)13-26-22(24-4)25-12-17-6-5-7-19(11-17)28-14-21(23)27;/h5-11,15H,12-14H2,1-4H3,(H2,23,27)(H2,24,25,26);1H. The highest BCUT2D eigenvalue weighted by atomic mass is 127. The summed E-state index contributed by atoms with van der Waals surface area (Å²) < 4.78 is 11.3. The van der Waals surface area contributed by atoms with Gasteiger partial charge in [0.2, 0.25) is 0 Å². The Morgan fingerprint density at radius 1 is 1.13 bits per heavy atom. The minimum absolute atomic E-state index is 0. The predicted octanol–water partition coefficient (Wildman–Crippen LogP) is 3.13. The summed E-state index contributed by atoms with van der Waals surface area (Å²) in [5.41, 5.74) is 8.33.